The van der Waals surface area contributed by atoms with Gasteiger partial charge in [0.25, 0.3) is 0 Å². The van der Waals surface area contributed by atoms with Crippen LogP contribution in [0.3, 0.4) is 0 Å². The molecule has 6 rings (SSSR count). The van der Waals surface area contributed by atoms with Gasteiger partial charge in [0.15, 0.2) is 0 Å². The predicted octanol–water partition coefficient (Wildman–Crippen LogP) is 7.67. The molecule has 0 aliphatic carbocycles. The molecule has 0 atom stereocenters. The maximum Gasteiger partial charge on any atom is 0.0650 e. The summed E-state index contributed by atoms with van der Waals surface area (Å²) in [4.78, 5) is 3.62. The molecule has 0 saturated carbocycles. The lowest BCUT2D eigenvalue weighted by Gasteiger charge is -2.16. The molecule has 0 spiro atoms. The summed E-state index contributed by atoms with van der Waals surface area (Å²) in [6.07, 6.45) is 0. The van der Waals surface area contributed by atoms with Crippen LogP contribution in [0.4, 0.5) is 0 Å². The molecule has 2 aromatic heterocycles. The van der Waals surface area contributed by atoms with Gasteiger partial charge in [-0.15, -0.1) is 22.7 Å². The summed E-state index contributed by atoms with van der Waals surface area (Å²) in [6, 6.07) is 32.4. The van der Waals surface area contributed by atoms with E-state index in [2.05, 4.69) is 101 Å². The van der Waals surface area contributed by atoms with Crippen molar-refractivity contribution < 1.29 is 0 Å². The van der Waals surface area contributed by atoms with Crippen molar-refractivity contribution in [1.82, 2.24) is 9.55 Å². The van der Waals surface area contributed by atoms with Gasteiger partial charge in [-0.25, -0.2) is 0 Å². The maximum atomic E-state index is 3.62. The second kappa shape index (κ2) is 6.23. The Morgan fingerprint density at radius 1 is 0.536 bits per heavy atom. The van der Waals surface area contributed by atoms with Gasteiger partial charge in [0, 0.05) is 5.69 Å². The first-order valence-corrected chi connectivity index (χ1v) is 10.8. The Morgan fingerprint density at radius 2 is 1.25 bits per heavy atom. The summed E-state index contributed by atoms with van der Waals surface area (Å²) in [5.41, 5.74) is 6.02. The molecular formula is C24H16N2S2. The summed E-state index contributed by atoms with van der Waals surface area (Å²) in [6.45, 7) is 0. The summed E-state index contributed by atoms with van der Waals surface area (Å²) in [5, 5.41) is 0. The Hall–Kier alpha value is -3.08. The van der Waals surface area contributed by atoms with Crippen molar-refractivity contribution >= 4 is 63.5 Å². The van der Waals surface area contributed by atoms with E-state index in [0.717, 1.165) is 0 Å². The lowest BCUT2D eigenvalue weighted by atomic mass is 10.2. The van der Waals surface area contributed by atoms with Gasteiger partial charge in [-0.3, -0.25) is 0 Å². The number of para-hydroxylation sites is 3. The van der Waals surface area contributed by atoms with Gasteiger partial charge < -0.3 is 9.55 Å². The summed E-state index contributed by atoms with van der Waals surface area (Å²) < 4.78 is 7.46. The van der Waals surface area contributed by atoms with Crippen LogP contribution in [0.1, 0.15) is 0 Å². The molecule has 6 aromatic rings. The lowest BCUT2D eigenvalue weighted by Crippen LogP contribution is -1.98. The number of aromatic nitrogens is 2. The number of hydrogen-bond donors (Lipinski definition) is 1. The predicted molar refractivity (Wildman–Crippen MR) is 124 cm³/mol. The molecule has 0 fully saturated rings. The molecule has 134 valence electrons. The number of nitrogens with zero attached hydrogens (tertiary/aromatic N) is 1. The first kappa shape index (κ1) is 15.9. The van der Waals surface area contributed by atoms with Crippen molar-refractivity contribution in [2.24, 2.45) is 0 Å². The zero-order chi connectivity index (χ0) is 18.5. The average Bonchev–Trinajstić information content (AvgIpc) is 2.75. The Balaban J connectivity index is 1.81. The second-order valence-corrected chi connectivity index (χ2v) is 8.95. The van der Waals surface area contributed by atoms with Crippen LogP contribution >= 0.6 is 22.7 Å². The van der Waals surface area contributed by atoms with E-state index in [1.165, 1.54) is 46.6 Å². The lowest BCUT2D eigenvalue weighted by molar-refractivity contribution is 1.17. The number of nitrogens with one attached hydrogen (secondary N) is 1. The van der Waals surface area contributed by atoms with E-state index in [-0.39, 0.29) is 0 Å². The Labute approximate surface area is 169 Å². The van der Waals surface area contributed by atoms with E-state index in [9.17, 15) is 0 Å². The molecule has 28 heavy (non-hydrogen) atoms. The minimum Gasteiger partial charge on any atom is -0.353 e. The number of rotatable bonds is 1. The van der Waals surface area contributed by atoms with Gasteiger partial charge in [0.1, 0.15) is 0 Å². The number of fused-ring (bicyclic) bond motifs is 4. The van der Waals surface area contributed by atoms with Crippen molar-refractivity contribution in [3.63, 3.8) is 0 Å². The van der Waals surface area contributed by atoms with Gasteiger partial charge in [-0.1, -0.05) is 42.5 Å². The van der Waals surface area contributed by atoms with Gasteiger partial charge in [-0.05, 0) is 48.5 Å². The molecule has 0 amide bonds. The smallest absolute Gasteiger partial charge is 0.0650 e. The van der Waals surface area contributed by atoms with Crippen molar-refractivity contribution in [3.05, 3.63) is 91.0 Å². The van der Waals surface area contributed by atoms with Gasteiger partial charge in [-0.2, -0.15) is 0 Å². The zero-order valence-electron chi connectivity index (χ0n) is 14.9. The molecule has 0 unspecified atom stereocenters. The first-order chi connectivity index (χ1) is 13.9. The monoisotopic (exact) mass is 396 g/mol. The fourth-order valence-corrected chi connectivity index (χ4v) is 5.82. The van der Waals surface area contributed by atoms with Crippen molar-refractivity contribution in [2.45, 2.75) is 0 Å². The van der Waals surface area contributed by atoms with E-state index < -0.39 is 0 Å². The van der Waals surface area contributed by atoms with Gasteiger partial charge >= 0.3 is 0 Å². The van der Waals surface area contributed by atoms with Crippen LogP contribution in [0.5, 0.6) is 0 Å². The normalized spacial score (nSPS) is 11.6. The van der Waals surface area contributed by atoms with E-state index >= 15 is 0 Å². The van der Waals surface area contributed by atoms with Crippen LogP contribution in [-0.2, 0) is 0 Å². The summed E-state index contributed by atoms with van der Waals surface area (Å²) in [5.74, 6) is 0. The highest BCUT2D eigenvalue weighted by atomic mass is 32.1. The highest BCUT2D eigenvalue weighted by Gasteiger charge is 2.10. The van der Waals surface area contributed by atoms with Crippen LogP contribution in [0.15, 0.2) is 91.0 Å². The molecule has 2 nitrogen and oxygen atoms in total. The number of hydrogen-bond acceptors (Lipinski definition) is 2. The fourth-order valence-electron chi connectivity index (χ4n) is 3.74. The number of H-pyrrole nitrogens is 1. The minimum atomic E-state index is 1.18. The van der Waals surface area contributed by atoms with E-state index in [0.29, 0.717) is 0 Å². The molecule has 2 heterocycles. The standard InChI is InChI=1S/C24H16N2S2/c1-2-8-16(9-3-1)26-19-11-5-7-13-22(19)28-24-14-18-23(15-20(24)26)27-21-12-6-4-10-17(21)25-18/h1-15,25H. The molecule has 0 aliphatic heterocycles. The van der Waals surface area contributed by atoms with Crippen molar-refractivity contribution in [1.29, 1.82) is 0 Å². The quantitative estimate of drug-likeness (QED) is 0.275. The second-order valence-electron chi connectivity index (χ2n) is 6.78. The topological polar surface area (TPSA) is 20.7 Å². The molecule has 4 heteroatoms. The van der Waals surface area contributed by atoms with E-state index in [1.54, 1.807) is 0 Å². The van der Waals surface area contributed by atoms with E-state index in [1.807, 2.05) is 22.7 Å². The van der Waals surface area contributed by atoms with Crippen LogP contribution in [-0.4, -0.2) is 9.55 Å². The van der Waals surface area contributed by atoms with Gasteiger partial charge in [0.2, 0.25) is 0 Å². The van der Waals surface area contributed by atoms with E-state index in [4.69, 9.17) is 0 Å². The largest absolute Gasteiger partial charge is 0.353 e. The third-order valence-electron chi connectivity index (χ3n) is 5.02. The molecule has 0 bridgehead atoms. The van der Waals surface area contributed by atoms with Crippen LogP contribution < -0.4 is 0 Å². The molecule has 1 N–H and O–H groups in total. The zero-order valence-corrected chi connectivity index (χ0v) is 16.6. The van der Waals surface area contributed by atoms with Crippen LogP contribution in [0, 0.1) is 0 Å². The molecular weight excluding hydrogens is 380 g/mol. The fraction of sp³-hybridized carbons (Fsp3) is 0. The van der Waals surface area contributed by atoms with Crippen LogP contribution in [0.25, 0.3) is 46.6 Å². The van der Waals surface area contributed by atoms with Crippen molar-refractivity contribution in [2.75, 3.05) is 0 Å². The molecule has 4 aromatic carbocycles. The number of benzene rings is 4. The molecule has 0 radical (unpaired) electrons. The summed E-state index contributed by atoms with van der Waals surface area (Å²) in [7, 11) is 0. The average molecular weight is 397 g/mol. The Bertz CT molecular complexity index is 1510. The third kappa shape index (κ3) is 2.46. The molecule has 0 saturated heterocycles. The van der Waals surface area contributed by atoms with Crippen molar-refractivity contribution in [3.8, 4) is 5.69 Å². The highest BCUT2D eigenvalue weighted by molar-refractivity contribution is 7.25. The maximum absolute atomic E-state index is 3.62. The Kier molecular flexibility index (Phi) is 3.54. The van der Waals surface area contributed by atoms with Gasteiger partial charge in [0.05, 0.1) is 40.9 Å². The SMILES string of the molecule is c1ccc(-n2c3ccccc3sc3cc4[nH]c5ccccc5sc4cc32)cc1. The first-order valence-electron chi connectivity index (χ1n) is 9.21. The molecule has 0 aliphatic rings. The highest BCUT2D eigenvalue weighted by Crippen LogP contribution is 2.35. The van der Waals surface area contributed by atoms with Crippen LogP contribution in [0.2, 0.25) is 0 Å². The number of aromatic amines is 1. The Morgan fingerprint density at radius 3 is 2.14 bits per heavy atom. The third-order valence-corrected chi connectivity index (χ3v) is 7.26. The minimum absolute atomic E-state index is 1.18. The summed E-state index contributed by atoms with van der Waals surface area (Å²) >= 11 is 3.68.